The molecule has 0 fully saturated rings. The topological polar surface area (TPSA) is 134 Å². The molecule has 0 aliphatic carbocycles. The zero-order chi connectivity index (χ0) is 11.9. The lowest BCUT2D eigenvalue weighted by Gasteiger charge is -2.23. The highest BCUT2D eigenvalue weighted by Crippen LogP contribution is 2.27. The predicted molar refractivity (Wildman–Crippen MR) is 48.2 cm³/mol. The average Bonchev–Trinajstić information content (AvgIpc) is 2.19. The molecule has 2 unspecified atom stereocenters. The van der Waals surface area contributed by atoms with Gasteiger partial charge in [0.2, 0.25) is 0 Å². The summed E-state index contributed by atoms with van der Waals surface area (Å²) in [5, 5.41) is 17.9. The Morgan fingerprint density at radius 2 is 1.27 bits per heavy atom. The van der Waals surface area contributed by atoms with E-state index < -0.39 is 48.4 Å². The van der Waals surface area contributed by atoms with E-state index in [2.05, 4.69) is 9.05 Å². The molecule has 0 aromatic heterocycles. The maximum atomic E-state index is 10.2. The first-order valence-corrected chi connectivity index (χ1v) is 6.01. The molecule has 0 saturated carbocycles. The second kappa shape index (κ2) is 7.27. The number of rotatable bonds is 8. The van der Waals surface area contributed by atoms with Crippen LogP contribution in [-0.4, -0.2) is 46.4 Å². The molecular weight excluding hydrogens is 250 g/mol. The van der Waals surface area contributed by atoms with Crippen LogP contribution in [0, 0.1) is 5.41 Å². The smallest absolute Gasteiger partial charge is 0.396 e. The first-order valence-electron chi connectivity index (χ1n) is 3.75. The van der Waals surface area contributed by atoms with Crippen LogP contribution < -0.4 is 0 Å². The molecule has 0 aliphatic heterocycles. The minimum atomic E-state index is -2.87. The van der Waals surface area contributed by atoms with Crippen molar-refractivity contribution in [3.63, 3.8) is 0 Å². The number of hydrogen-bond donors (Lipinski definition) is 4. The first-order chi connectivity index (χ1) is 6.95. The third-order valence-electron chi connectivity index (χ3n) is 1.63. The molecule has 4 N–H and O–H groups in total. The summed E-state index contributed by atoms with van der Waals surface area (Å²) in [6.45, 7) is -2.16. The van der Waals surface area contributed by atoms with Gasteiger partial charge in [-0.05, 0) is 0 Å². The van der Waals surface area contributed by atoms with E-state index in [-0.39, 0.29) is 0 Å². The minimum Gasteiger partial charge on any atom is -0.396 e. The van der Waals surface area contributed by atoms with Gasteiger partial charge in [-0.1, -0.05) is 0 Å². The fraction of sp³-hybridized carbons (Fsp3) is 1.00. The Kier molecular flexibility index (Phi) is 7.25. The van der Waals surface area contributed by atoms with Gasteiger partial charge in [-0.15, -0.1) is 18.8 Å². The highest BCUT2D eigenvalue weighted by molar-refractivity contribution is 7.32. The maximum absolute atomic E-state index is 10.2. The van der Waals surface area contributed by atoms with Crippen molar-refractivity contribution in [3.8, 4) is 0 Å². The Labute approximate surface area is 87.4 Å². The van der Waals surface area contributed by atoms with Gasteiger partial charge in [0, 0.05) is 9.13 Å². The standard InChI is InChI=1S/C5H10O8P2/c6-1-5(2-7,3-12-14(8)9)4-13-15(10)11/h6-7H,1-4H2/p+2. The van der Waals surface area contributed by atoms with Crippen LogP contribution in [-0.2, 0) is 18.2 Å². The Hall–Kier alpha value is -0.0400. The van der Waals surface area contributed by atoms with Gasteiger partial charge >= 0.3 is 16.5 Å². The van der Waals surface area contributed by atoms with Crippen molar-refractivity contribution < 1.29 is 38.2 Å². The van der Waals surface area contributed by atoms with Crippen molar-refractivity contribution in [2.75, 3.05) is 26.4 Å². The average molecular weight is 262 g/mol. The van der Waals surface area contributed by atoms with Crippen molar-refractivity contribution >= 4 is 16.5 Å². The zero-order valence-electron chi connectivity index (χ0n) is 7.64. The second-order valence-electron chi connectivity index (χ2n) is 2.84. The minimum absolute atomic E-state index is 0.463. The summed E-state index contributed by atoms with van der Waals surface area (Å²) in [6.07, 6.45) is 0. The second-order valence-corrected chi connectivity index (χ2v) is 4.31. The highest BCUT2D eigenvalue weighted by atomic mass is 31.1. The molecule has 88 valence electrons. The summed E-state index contributed by atoms with van der Waals surface area (Å²) in [4.78, 5) is 16.7. The van der Waals surface area contributed by atoms with E-state index in [9.17, 15) is 9.13 Å². The summed E-state index contributed by atoms with van der Waals surface area (Å²) >= 11 is 0. The van der Waals surface area contributed by atoms with E-state index in [1.807, 2.05) is 0 Å². The molecule has 0 rings (SSSR count). The number of hydrogen-bond acceptors (Lipinski definition) is 6. The molecule has 0 bridgehead atoms. The Balaban J connectivity index is 4.29. The van der Waals surface area contributed by atoms with Gasteiger partial charge in [0.05, 0.1) is 18.6 Å². The normalized spacial score (nSPS) is 13.9. The first kappa shape index (κ1) is 15.0. The van der Waals surface area contributed by atoms with Crippen LogP contribution in [0.3, 0.4) is 0 Å². The summed E-state index contributed by atoms with van der Waals surface area (Å²) in [6, 6.07) is 0. The van der Waals surface area contributed by atoms with Crippen LogP contribution >= 0.6 is 16.5 Å². The molecule has 0 radical (unpaired) electrons. The monoisotopic (exact) mass is 262 g/mol. The molecule has 2 atom stereocenters. The molecule has 0 saturated heterocycles. The van der Waals surface area contributed by atoms with Gasteiger partial charge in [-0.2, -0.15) is 0 Å². The predicted octanol–water partition coefficient (Wildman–Crippen LogP) is -0.710. The molecular formula is C5H12O8P2+2. The van der Waals surface area contributed by atoms with Gasteiger partial charge in [-0.3, -0.25) is 0 Å². The molecule has 0 spiro atoms. The van der Waals surface area contributed by atoms with Crippen LogP contribution in [0.4, 0.5) is 0 Å². The third kappa shape index (κ3) is 6.19. The van der Waals surface area contributed by atoms with E-state index in [0.29, 0.717) is 0 Å². The van der Waals surface area contributed by atoms with Gasteiger partial charge in [0.15, 0.2) is 0 Å². The van der Waals surface area contributed by atoms with Gasteiger partial charge < -0.3 is 10.2 Å². The lowest BCUT2D eigenvalue weighted by atomic mass is 9.93. The quantitative estimate of drug-likeness (QED) is 0.421. The maximum Gasteiger partial charge on any atom is 0.694 e. The lowest BCUT2D eigenvalue weighted by Crippen LogP contribution is -2.38. The zero-order valence-corrected chi connectivity index (χ0v) is 9.43. The molecule has 15 heavy (non-hydrogen) atoms. The molecule has 0 aromatic rings. The van der Waals surface area contributed by atoms with Crippen molar-refractivity contribution in [1.82, 2.24) is 0 Å². The van der Waals surface area contributed by atoms with E-state index in [0.717, 1.165) is 0 Å². The van der Waals surface area contributed by atoms with Crippen LogP contribution in [0.5, 0.6) is 0 Å². The molecule has 0 amide bonds. The van der Waals surface area contributed by atoms with Crippen molar-refractivity contribution in [1.29, 1.82) is 0 Å². The molecule has 0 heterocycles. The number of aliphatic hydroxyl groups excluding tert-OH is 2. The molecule has 8 nitrogen and oxygen atoms in total. The van der Waals surface area contributed by atoms with Gasteiger partial charge in [0.25, 0.3) is 0 Å². The van der Waals surface area contributed by atoms with E-state index in [1.54, 1.807) is 0 Å². The third-order valence-corrected chi connectivity index (χ3v) is 2.33. The van der Waals surface area contributed by atoms with Crippen molar-refractivity contribution in [2.24, 2.45) is 5.41 Å². The molecule has 10 heteroatoms. The number of aliphatic hydroxyl groups is 2. The summed E-state index contributed by atoms with van der Waals surface area (Å²) in [7, 11) is -5.73. The Bertz CT molecular complexity index is 207. The van der Waals surface area contributed by atoms with Gasteiger partial charge in [-0.25, -0.2) is 0 Å². The SMILES string of the molecule is O=[P+](O)OCC(CO)(CO)CO[P+](=O)O. The van der Waals surface area contributed by atoms with Crippen LogP contribution in [0.1, 0.15) is 0 Å². The lowest BCUT2D eigenvalue weighted by molar-refractivity contribution is -0.0193. The fourth-order valence-electron chi connectivity index (χ4n) is 0.659. The van der Waals surface area contributed by atoms with E-state index in [1.165, 1.54) is 0 Å². The van der Waals surface area contributed by atoms with E-state index in [4.69, 9.17) is 20.0 Å². The summed E-state index contributed by atoms with van der Waals surface area (Å²) < 4.78 is 29.1. The Morgan fingerprint density at radius 3 is 1.47 bits per heavy atom. The van der Waals surface area contributed by atoms with Crippen LogP contribution in [0.2, 0.25) is 0 Å². The fourth-order valence-corrected chi connectivity index (χ4v) is 1.43. The largest absolute Gasteiger partial charge is 0.694 e. The summed E-state index contributed by atoms with van der Waals surface area (Å²) in [5.41, 5.74) is -1.37. The van der Waals surface area contributed by atoms with Crippen molar-refractivity contribution in [3.05, 3.63) is 0 Å². The van der Waals surface area contributed by atoms with Crippen molar-refractivity contribution in [2.45, 2.75) is 0 Å². The summed E-state index contributed by atoms with van der Waals surface area (Å²) in [5.74, 6) is 0. The molecule has 0 aromatic carbocycles. The van der Waals surface area contributed by atoms with Crippen LogP contribution in [0.15, 0.2) is 0 Å². The van der Waals surface area contributed by atoms with E-state index >= 15 is 0 Å². The van der Waals surface area contributed by atoms with Crippen LogP contribution in [0.25, 0.3) is 0 Å². The highest BCUT2D eigenvalue weighted by Gasteiger charge is 2.37. The molecule has 0 aliphatic rings. The van der Waals surface area contributed by atoms with Gasteiger partial charge in [0.1, 0.15) is 13.2 Å². The Morgan fingerprint density at radius 1 is 0.933 bits per heavy atom.